The molecule has 1 spiro atoms. The van der Waals surface area contributed by atoms with Gasteiger partial charge in [0.2, 0.25) is 0 Å². The van der Waals surface area contributed by atoms with Crippen molar-refractivity contribution in [3.05, 3.63) is 67.1 Å². The van der Waals surface area contributed by atoms with Gasteiger partial charge in [-0.1, -0.05) is 67.2 Å². The number of carbonyl (C=O) groups excluding carboxylic acids is 2. The number of benzene rings is 2. The van der Waals surface area contributed by atoms with Crippen molar-refractivity contribution in [3.63, 3.8) is 0 Å². The highest BCUT2D eigenvalue weighted by molar-refractivity contribution is 8.27. The zero-order chi connectivity index (χ0) is 30.3. The van der Waals surface area contributed by atoms with Gasteiger partial charge in [0, 0.05) is 37.7 Å². The molecule has 0 unspecified atom stereocenters. The van der Waals surface area contributed by atoms with Crippen molar-refractivity contribution in [2.45, 2.75) is 51.4 Å². The van der Waals surface area contributed by atoms with E-state index in [2.05, 4.69) is 36.4 Å². The van der Waals surface area contributed by atoms with Gasteiger partial charge in [-0.05, 0) is 108 Å². The van der Waals surface area contributed by atoms with Gasteiger partial charge in [-0.15, -0.1) is 22.7 Å². The summed E-state index contributed by atoms with van der Waals surface area (Å²) in [6.07, 6.45) is 10.1. The highest BCUT2D eigenvalue weighted by atomic mass is 32.2. The third kappa shape index (κ3) is 4.43. The van der Waals surface area contributed by atoms with Crippen LogP contribution in [0.15, 0.2) is 46.2 Å². The first-order valence-corrected chi connectivity index (χ1v) is 19.0. The number of carbonyl (C=O) groups is 2. The van der Waals surface area contributed by atoms with E-state index in [9.17, 15) is 9.59 Å². The van der Waals surface area contributed by atoms with Crippen LogP contribution in [0.4, 0.5) is 0 Å². The molecule has 4 heterocycles. The number of hydrogen-bond acceptors (Lipinski definition) is 8. The molecular formula is C34H28N2O2S6. The Kier molecular flexibility index (Phi) is 7.19. The average Bonchev–Trinajstić information content (AvgIpc) is 3.78. The van der Waals surface area contributed by atoms with Crippen LogP contribution >= 0.6 is 70.6 Å². The monoisotopic (exact) mass is 688 g/mol. The Morgan fingerprint density at radius 3 is 1.57 bits per heavy atom. The van der Waals surface area contributed by atoms with Crippen LogP contribution in [0.3, 0.4) is 0 Å². The second-order valence-corrected chi connectivity index (χ2v) is 17.2. The number of nitrogens with zero attached hydrogens (tertiary/aromatic N) is 2. The molecule has 222 valence electrons. The van der Waals surface area contributed by atoms with E-state index in [0.29, 0.717) is 31.5 Å². The SMILES string of the molecule is CCN1C(=O)/C(=C/c2cc3cc4c(cc3s2)-c2cc3sc(/C=C5\SC(=S)N(CC)C5=O)cc3cc2C42CCCCC2)SC1=S. The minimum absolute atomic E-state index is 0.00815. The van der Waals surface area contributed by atoms with E-state index in [4.69, 9.17) is 24.4 Å². The molecule has 2 aliphatic carbocycles. The second kappa shape index (κ2) is 10.9. The number of fused-ring (bicyclic) bond motifs is 7. The van der Waals surface area contributed by atoms with Crippen LogP contribution in [0.2, 0.25) is 0 Å². The standard InChI is InChI=1S/C34H28N2O2S6/c1-3-35-30(37)28(43-32(35)39)14-20-10-18-12-24-22(16-26(18)41-20)23-17-27-19(13-25(23)34(24)8-6-5-7-9-34)11-21(42-27)15-29-31(38)36(4-2)33(40)44-29/h10-17H,3-9H2,1-2H3/b28-14-,29-15-. The number of thiocarbonyl (C=S) groups is 2. The zero-order valence-corrected chi connectivity index (χ0v) is 29.1. The normalized spacial score (nSPS) is 21.3. The van der Waals surface area contributed by atoms with Gasteiger partial charge >= 0.3 is 0 Å². The van der Waals surface area contributed by atoms with E-state index in [1.165, 1.54) is 85.2 Å². The molecule has 44 heavy (non-hydrogen) atoms. The molecule has 2 amide bonds. The highest BCUT2D eigenvalue weighted by Gasteiger charge is 2.44. The third-order valence-corrected chi connectivity index (χ3v) is 14.2. The van der Waals surface area contributed by atoms with Gasteiger partial charge in [-0.25, -0.2) is 0 Å². The Hall–Kier alpha value is -2.34. The summed E-state index contributed by atoms with van der Waals surface area (Å²) in [5, 5.41) is 2.49. The van der Waals surface area contributed by atoms with Crippen molar-refractivity contribution in [2.24, 2.45) is 0 Å². The molecule has 0 N–H and O–H groups in total. The lowest BCUT2D eigenvalue weighted by Crippen LogP contribution is -2.28. The summed E-state index contributed by atoms with van der Waals surface area (Å²) in [7, 11) is 0. The highest BCUT2D eigenvalue weighted by Crippen LogP contribution is 2.58. The predicted octanol–water partition coefficient (Wildman–Crippen LogP) is 9.79. The number of hydrogen-bond donors (Lipinski definition) is 0. The van der Waals surface area contributed by atoms with E-state index in [-0.39, 0.29) is 17.2 Å². The maximum Gasteiger partial charge on any atom is 0.266 e. The average molecular weight is 689 g/mol. The van der Waals surface area contributed by atoms with E-state index < -0.39 is 0 Å². The van der Waals surface area contributed by atoms with Crippen LogP contribution < -0.4 is 0 Å². The van der Waals surface area contributed by atoms with Crippen molar-refractivity contribution >= 4 is 123 Å². The van der Waals surface area contributed by atoms with Crippen LogP contribution in [0.25, 0.3) is 43.5 Å². The maximum atomic E-state index is 12.9. The first-order valence-electron chi connectivity index (χ1n) is 15.0. The Labute approximate surface area is 283 Å². The minimum Gasteiger partial charge on any atom is -0.293 e. The predicted molar refractivity (Wildman–Crippen MR) is 198 cm³/mol. The molecule has 0 bridgehead atoms. The minimum atomic E-state index is 0.00815. The molecular weight excluding hydrogens is 661 g/mol. The van der Waals surface area contributed by atoms with Gasteiger partial charge in [0.1, 0.15) is 8.64 Å². The van der Waals surface area contributed by atoms with Crippen LogP contribution in [-0.4, -0.2) is 43.3 Å². The molecule has 4 nitrogen and oxygen atoms in total. The van der Waals surface area contributed by atoms with Crippen molar-refractivity contribution in [1.82, 2.24) is 9.80 Å². The molecule has 2 aromatic heterocycles. The first-order chi connectivity index (χ1) is 21.3. The number of likely N-dealkylation sites (N-methyl/N-ethyl adjacent to an activating group) is 2. The molecule has 8 rings (SSSR count). The van der Waals surface area contributed by atoms with Crippen LogP contribution in [0, 0.1) is 0 Å². The summed E-state index contributed by atoms with van der Waals surface area (Å²) >= 11 is 17.2. The summed E-state index contributed by atoms with van der Waals surface area (Å²) in [4.78, 5) is 32.6. The van der Waals surface area contributed by atoms with Gasteiger partial charge in [0.25, 0.3) is 11.8 Å². The molecule has 2 aromatic carbocycles. The van der Waals surface area contributed by atoms with E-state index in [1.807, 2.05) is 26.0 Å². The summed E-state index contributed by atoms with van der Waals surface area (Å²) in [6, 6.07) is 14.1. The molecule has 0 atom stereocenters. The van der Waals surface area contributed by atoms with Crippen molar-refractivity contribution in [2.75, 3.05) is 13.1 Å². The number of thioether (sulfide) groups is 2. The van der Waals surface area contributed by atoms with Crippen molar-refractivity contribution in [1.29, 1.82) is 0 Å². The number of thiophene rings is 2. The fourth-order valence-corrected chi connectivity index (χ4v) is 12.2. The molecule has 4 aliphatic rings. The van der Waals surface area contributed by atoms with Gasteiger partial charge in [0.05, 0.1) is 9.81 Å². The molecule has 2 aliphatic heterocycles. The van der Waals surface area contributed by atoms with Crippen molar-refractivity contribution < 1.29 is 9.59 Å². The quantitative estimate of drug-likeness (QED) is 0.157. The lowest BCUT2D eigenvalue weighted by atomic mass is 9.67. The Morgan fingerprint density at radius 2 is 1.16 bits per heavy atom. The Morgan fingerprint density at radius 1 is 0.705 bits per heavy atom. The molecule has 0 radical (unpaired) electrons. The van der Waals surface area contributed by atoms with Gasteiger partial charge in [0.15, 0.2) is 0 Å². The summed E-state index contributed by atoms with van der Waals surface area (Å²) in [6.45, 7) is 5.12. The smallest absolute Gasteiger partial charge is 0.266 e. The molecule has 1 saturated carbocycles. The van der Waals surface area contributed by atoms with Crippen LogP contribution in [0.5, 0.6) is 0 Å². The Balaban J connectivity index is 1.23. The fraction of sp³-hybridized carbons (Fsp3) is 0.294. The lowest BCUT2D eigenvalue weighted by Gasteiger charge is -2.36. The third-order valence-electron chi connectivity index (χ3n) is 9.31. The lowest BCUT2D eigenvalue weighted by molar-refractivity contribution is -0.122. The maximum absolute atomic E-state index is 12.9. The second-order valence-electron chi connectivity index (χ2n) is 11.7. The largest absolute Gasteiger partial charge is 0.293 e. The number of rotatable bonds is 4. The molecule has 2 saturated heterocycles. The fourth-order valence-electron chi connectivity index (χ4n) is 7.24. The van der Waals surface area contributed by atoms with Crippen molar-refractivity contribution in [3.8, 4) is 11.1 Å². The molecule has 4 aromatic rings. The van der Waals surface area contributed by atoms with E-state index in [0.717, 1.165) is 22.6 Å². The summed E-state index contributed by atoms with van der Waals surface area (Å²) in [5.74, 6) is 0.0163. The van der Waals surface area contributed by atoms with E-state index in [1.54, 1.807) is 32.5 Å². The summed E-state index contributed by atoms with van der Waals surface area (Å²) < 4.78 is 3.76. The van der Waals surface area contributed by atoms with Gasteiger partial charge in [-0.2, -0.15) is 0 Å². The Bertz CT molecular complexity index is 1890. The topological polar surface area (TPSA) is 40.6 Å². The van der Waals surface area contributed by atoms with Gasteiger partial charge < -0.3 is 0 Å². The van der Waals surface area contributed by atoms with Gasteiger partial charge in [-0.3, -0.25) is 19.4 Å². The van der Waals surface area contributed by atoms with E-state index >= 15 is 0 Å². The van der Waals surface area contributed by atoms with Crippen LogP contribution in [-0.2, 0) is 15.0 Å². The number of amides is 2. The molecule has 3 fully saturated rings. The molecule has 10 heteroatoms. The summed E-state index contributed by atoms with van der Waals surface area (Å²) in [5.41, 5.74) is 5.65. The van der Waals surface area contributed by atoms with Crippen LogP contribution in [0.1, 0.15) is 66.8 Å². The zero-order valence-electron chi connectivity index (χ0n) is 24.2. The first kappa shape index (κ1) is 29.1.